The Morgan fingerprint density at radius 3 is 2.44 bits per heavy atom. The van der Waals surface area contributed by atoms with E-state index in [-0.39, 0.29) is 5.91 Å². The zero-order valence-corrected chi connectivity index (χ0v) is 17.2. The van der Waals surface area contributed by atoms with E-state index in [2.05, 4.69) is 31.5 Å². The summed E-state index contributed by atoms with van der Waals surface area (Å²) in [6.45, 7) is 10.5. The van der Waals surface area contributed by atoms with Crippen molar-refractivity contribution in [3.8, 4) is 5.75 Å². The van der Waals surface area contributed by atoms with Crippen molar-refractivity contribution in [2.45, 2.75) is 20.8 Å². The maximum absolute atomic E-state index is 12.2. The maximum atomic E-state index is 12.2. The first-order valence-electron chi connectivity index (χ1n) is 9.54. The number of nitrogens with zero attached hydrogens (tertiary/aromatic N) is 3. The Kier molecular flexibility index (Phi) is 7.33. The summed E-state index contributed by atoms with van der Waals surface area (Å²) in [5.41, 5.74) is 0.630. The highest BCUT2D eigenvalue weighted by Gasteiger charge is 2.28. The quantitative estimate of drug-likeness (QED) is 0.583. The van der Waals surface area contributed by atoms with Crippen molar-refractivity contribution in [1.29, 1.82) is 0 Å². The Morgan fingerprint density at radius 1 is 1.19 bits per heavy atom. The van der Waals surface area contributed by atoms with Gasteiger partial charge in [0.2, 0.25) is 5.91 Å². The Labute approximate surface area is 162 Å². The number of hydrogen-bond acceptors (Lipinski definition) is 4. The molecule has 1 aliphatic heterocycles. The number of rotatable bonds is 6. The Balaban J connectivity index is 1.92. The van der Waals surface area contributed by atoms with E-state index in [1.165, 1.54) is 0 Å². The highest BCUT2D eigenvalue weighted by atomic mass is 16.5. The van der Waals surface area contributed by atoms with Crippen LogP contribution in [-0.4, -0.2) is 70.2 Å². The second-order valence-corrected chi connectivity index (χ2v) is 7.29. The summed E-state index contributed by atoms with van der Waals surface area (Å²) in [5, 5.41) is 6.26. The standard InChI is InChI=1S/C20H33N5O2/c1-6-22-18(26)20(2,3)15-23-19(21-4)25-13-11-24(12-14-25)16-9-7-8-10-17(16)27-5/h7-10H,6,11-15H2,1-5H3,(H,21,23)(H,22,26). The molecule has 150 valence electrons. The van der Waals surface area contributed by atoms with Gasteiger partial charge in [-0.1, -0.05) is 12.1 Å². The predicted molar refractivity (Wildman–Crippen MR) is 111 cm³/mol. The van der Waals surface area contributed by atoms with Gasteiger partial charge in [-0.05, 0) is 32.9 Å². The van der Waals surface area contributed by atoms with Gasteiger partial charge < -0.3 is 25.2 Å². The van der Waals surface area contributed by atoms with Crippen LogP contribution < -0.4 is 20.3 Å². The largest absolute Gasteiger partial charge is 0.495 e. The van der Waals surface area contributed by atoms with Gasteiger partial charge in [0.25, 0.3) is 0 Å². The molecule has 7 heteroatoms. The van der Waals surface area contributed by atoms with Crippen molar-refractivity contribution in [1.82, 2.24) is 15.5 Å². The number of guanidine groups is 1. The number of ether oxygens (including phenoxy) is 1. The number of para-hydroxylation sites is 2. The van der Waals surface area contributed by atoms with E-state index in [9.17, 15) is 4.79 Å². The van der Waals surface area contributed by atoms with Gasteiger partial charge in [0.05, 0.1) is 18.2 Å². The molecule has 1 fully saturated rings. The normalized spacial score (nSPS) is 15.5. The zero-order chi connectivity index (χ0) is 19.9. The highest BCUT2D eigenvalue weighted by Crippen LogP contribution is 2.28. The number of nitrogens with one attached hydrogen (secondary N) is 2. The number of hydrogen-bond donors (Lipinski definition) is 2. The topological polar surface area (TPSA) is 69.2 Å². The lowest BCUT2D eigenvalue weighted by atomic mass is 9.92. The molecular weight excluding hydrogens is 342 g/mol. The SMILES string of the molecule is CCNC(=O)C(C)(C)CNC(=NC)N1CCN(c2ccccc2OC)CC1. The van der Waals surface area contributed by atoms with Crippen LogP contribution in [0.2, 0.25) is 0 Å². The van der Waals surface area contributed by atoms with E-state index in [4.69, 9.17) is 4.74 Å². The Morgan fingerprint density at radius 2 is 1.85 bits per heavy atom. The van der Waals surface area contributed by atoms with Gasteiger partial charge >= 0.3 is 0 Å². The minimum atomic E-state index is -0.495. The fraction of sp³-hybridized carbons (Fsp3) is 0.600. The first-order valence-corrected chi connectivity index (χ1v) is 9.54. The van der Waals surface area contributed by atoms with Crippen LogP contribution in [0.15, 0.2) is 29.3 Å². The average Bonchev–Trinajstić information content (AvgIpc) is 2.69. The second-order valence-electron chi connectivity index (χ2n) is 7.29. The third-order valence-corrected chi connectivity index (χ3v) is 4.86. The molecule has 0 aromatic heterocycles. The molecule has 1 heterocycles. The number of carbonyl (C=O) groups is 1. The third-order valence-electron chi connectivity index (χ3n) is 4.86. The summed E-state index contributed by atoms with van der Waals surface area (Å²) in [4.78, 5) is 21.2. The van der Waals surface area contributed by atoms with E-state index in [1.54, 1.807) is 14.2 Å². The van der Waals surface area contributed by atoms with Gasteiger partial charge in [0.1, 0.15) is 5.75 Å². The fourth-order valence-corrected chi connectivity index (χ4v) is 3.16. The third kappa shape index (κ3) is 5.28. The van der Waals surface area contributed by atoms with Crippen LogP contribution in [0.25, 0.3) is 0 Å². The van der Waals surface area contributed by atoms with E-state index in [1.807, 2.05) is 39.0 Å². The van der Waals surface area contributed by atoms with Crippen LogP contribution in [0, 0.1) is 5.41 Å². The molecule has 2 rings (SSSR count). The lowest BCUT2D eigenvalue weighted by molar-refractivity contribution is -0.128. The van der Waals surface area contributed by atoms with Gasteiger partial charge in [0, 0.05) is 46.3 Å². The molecule has 1 amide bonds. The lowest BCUT2D eigenvalue weighted by Gasteiger charge is -2.38. The molecule has 0 unspecified atom stereocenters. The number of amides is 1. The maximum Gasteiger partial charge on any atom is 0.227 e. The second kappa shape index (κ2) is 9.48. The van der Waals surface area contributed by atoms with Crippen LogP contribution in [0.4, 0.5) is 5.69 Å². The van der Waals surface area contributed by atoms with Crippen molar-refractivity contribution in [2.75, 3.05) is 58.3 Å². The highest BCUT2D eigenvalue weighted by molar-refractivity contribution is 5.84. The van der Waals surface area contributed by atoms with E-state index in [0.717, 1.165) is 43.6 Å². The van der Waals surface area contributed by atoms with Crippen LogP contribution >= 0.6 is 0 Å². The van der Waals surface area contributed by atoms with Crippen molar-refractivity contribution in [3.63, 3.8) is 0 Å². The number of anilines is 1. The van der Waals surface area contributed by atoms with Crippen LogP contribution in [0.5, 0.6) is 5.75 Å². The van der Waals surface area contributed by atoms with Gasteiger partial charge in [-0.15, -0.1) is 0 Å². The van der Waals surface area contributed by atoms with Gasteiger partial charge in [-0.3, -0.25) is 9.79 Å². The zero-order valence-electron chi connectivity index (χ0n) is 17.2. The number of carbonyl (C=O) groups excluding carboxylic acids is 1. The summed E-state index contributed by atoms with van der Waals surface area (Å²) in [6.07, 6.45) is 0. The molecule has 7 nitrogen and oxygen atoms in total. The smallest absolute Gasteiger partial charge is 0.227 e. The molecule has 1 aromatic rings. The number of aliphatic imine (C=N–C) groups is 1. The molecule has 0 aliphatic carbocycles. The summed E-state index contributed by atoms with van der Waals surface area (Å²) in [5.74, 6) is 1.79. The average molecular weight is 376 g/mol. The molecular formula is C20H33N5O2. The van der Waals surface area contributed by atoms with Gasteiger partial charge in [-0.2, -0.15) is 0 Å². The van der Waals surface area contributed by atoms with Crippen molar-refractivity contribution in [3.05, 3.63) is 24.3 Å². The van der Waals surface area contributed by atoms with E-state index in [0.29, 0.717) is 13.1 Å². The lowest BCUT2D eigenvalue weighted by Crippen LogP contribution is -2.54. The van der Waals surface area contributed by atoms with Crippen LogP contribution in [-0.2, 0) is 4.79 Å². The molecule has 0 bridgehead atoms. The molecule has 0 atom stereocenters. The summed E-state index contributed by atoms with van der Waals surface area (Å²) in [7, 11) is 3.49. The molecule has 2 N–H and O–H groups in total. The van der Waals surface area contributed by atoms with Gasteiger partial charge in [-0.25, -0.2) is 0 Å². The first kappa shape index (κ1) is 20.9. The molecule has 0 spiro atoms. The Bertz CT molecular complexity index is 652. The molecule has 1 saturated heterocycles. The van der Waals surface area contributed by atoms with Crippen molar-refractivity contribution < 1.29 is 9.53 Å². The summed E-state index contributed by atoms with van der Waals surface area (Å²) >= 11 is 0. The van der Waals surface area contributed by atoms with Crippen molar-refractivity contribution >= 4 is 17.6 Å². The minimum absolute atomic E-state index is 0.0499. The molecule has 27 heavy (non-hydrogen) atoms. The molecule has 0 radical (unpaired) electrons. The van der Waals surface area contributed by atoms with E-state index < -0.39 is 5.41 Å². The number of methoxy groups -OCH3 is 1. The minimum Gasteiger partial charge on any atom is -0.495 e. The number of piperazine rings is 1. The predicted octanol–water partition coefficient (Wildman–Crippen LogP) is 1.55. The van der Waals surface area contributed by atoms with Crippen LogP contribution in [0.1, 0.15) is 20.8 Å². The molecule has 0 saturated carbocycles. The van der Waals surface area contributed by atoms with Gasteiger partial charge in [0.15, 0.2) is 5.96 Å². The molecule has 1 aliphatic rings. The molecule has 1 aromatic carbocycles. The fourth-order valence-electron chi connectivity index (χ4n) is 3.16. The van der Waals surface area contributed by atoms with Crippen molar-refractivity contribution in [2.24, 2.45) is 10.4 Å². The van der Waals surface area contributed by atoms with E-state index >= 15 is 0 Å². The summed E-state index contributed by atoms with van der Waals surface area (Å²) in [6, 6.07) is 8.11. The monoisotopic (exact) mass is 375 g/mol. The summed E-state index contributed by atoms with van der Waals surface area (Å²) < 4.78 is 5.48. The Hall–Kier alpha value is -2.44. The number of benzene rings is 1. The first-order chi connectivity index (χ1) is 12.9. The van der Waals surface area contributed by atoms with Crippen LogP contribution in [0.3, 0.4) is 0 Å².